The molecule has 3 heteroatoms. The van der Waals surface area contributed by atoms with Crippen molar-refractivity contribution >= 4 is 15.8 Å². The third kappa shape index (κ3) is 1.12. The summed E-state index contributed by atoms with van der Waals surface area (Å²) in [6.45, 7) is 1.10. The Morgan fingerprint density at radius 1 is 1.67 bits per heavy atom. The molecule has 1 saturated heterocycles. The monoisotopic (exact) mass is 147 g/mol. The van der Waals surface area contributed by atoms with Crippen LogP contribution in [0.2, 0.25) is 0 Å². The van der Waals surface area contributed by atoms with Crippen molar-refractivity contribution in [3.05, 3.63) is 0 Å². The van der Waals surface area contributed by atoms with Crippen LogP contribution in [0.5, 0.6) is 0 Å². The quantitative estimate of drug-likeness (QED) is 0.513. The second kappa shape index (κ2) is 2.31. The molecule has 1 rings (SSSR count). The second-order valence-electron chi connectivity index (χ2n) is 2.61. The van der Waals surface area contributed by atoms with Gasteiger partial charge in [0, 0.05) is 6.54 Å². The number of carbonyl (C=O) groups excluding carboxylic acids is 1. The molecule has 0 aromatic carbocycles. The molecule has 1 heterocycles. The van der Waals surface area contributed by atoms with Crippen molar-refractivity contribution in [3.8, 4) is 0 Å². The molecule has 0 amide bonds. The van der Waals surface area contributed by atoms with Crippen LogP contribution < -0.4 is 0 Å². The zero-order valence-corrected chi connectivity index (χ0v) is 6.78. The molecule has 0 saturated carbocycles. The molecule has 1 unspecified atom stereocenters. The van der Waals surface area contributed by atoms with E-state index in [2.05, 4.69) is 10.6 Å². The fraction of sp³-hybridized carbons (Fsp3) is 0.833. The molecular weight excluding hydrogens is 134 g/mol. The van der Waals surface area contributed by atoms with Crippen LogP contribution in [0.25, 0.3) is 0 Å². The lowest BCUT2D eigenvalue weighted by molar-refractivity contribution is 0.560. The van der Waals surface area contributed by atoms with Crippen molar-refractivity contribution in [2.45, 2.75) is 6.42 Å². The predicted molar refractivity (Wildman–Crippen MR) is 42.4 cm³/mol. The van der Waals surface area contributed by atoms with Gasteiger partial charge >= 0.3 is 0 Å². The average molecular weight is 147 g/mol. The van der Waals surface area contributed by atoms with Gasteiger partial charge in [0.05, 0.1) is 0 Å². The molecule has 1 fully saturated rings. The van der Waals surface area contributed by atoms with Gasteiger partial charge in [-0.15, -0.1) is 10.2 Å². The Morgan fingerprint density at radius 3 is 2.56 bits per heavy atom. The molecule has 0 N–H and O–H groups in total. The summed E-state index contributed by atoms with van der Waals surface area (Å²) in [4.78, 5) is 10.5. The van der Waals surface area contributed by atoms with Crippen LogP contribution in [0.1, 0.15) is 6.42 Å². The third-order valence-corrected chi connectivity index (χ3v) is 5.09. The second-order valence-corrected chi connectivity index (χ2v) is 6.05. The molecule has 0 spiro atoms. The van der Waals surface area contributed by atoms with Crippen LogP contribution in [0.4, 0.5) is 0 Å². The lowest BCUT2D eigenvalue weighted by Crippen LogP contribution is -2.17. The maximum absolute atomic E-state index is 10.5. The van der Waals surface area contributed by atoms with Crippen molar-refractivity contribution < 1.29 is 4.79 Å². The summed E-state index contributed by atoms with van der Waals surface area (Å²) in [5.41, 5.74) is 1.14. The number of nitrogens with zero attached hydrogens (tertiary/aromatic N) is 1. The molecule has 1 aliphatic rings. The fourth-order valence-electron chi connectivity index (χ4n) is 1.07. The van der Waals surface area contributed by atoms with E-state index in [0.29, 0.717) is 0 Å². The third-order valence-electron chi connectivity index (χ3n) is 1.95. The Balaban J connectivity index is 2.66. The standard InChI is InChI=1S/C6H13NOS/c1-7-4-3-5-9(7,2)6-8/h6H,3-5H2,1-2H3. The van der Waals surface area contributed by atoms with Crippen molar-refractivity contribution in [1.29, 1.82) is 0 Å². The summed E-state index contributed by atoms with van der Waals surface area (Å²) in [5.74, 6) is 1.10. The highest BCUT2D eigenvalue weighted by Gasteiger charge is 2.27. The number of carbonyl (C=O) groups is 1. The van der Waals surface area contributed by atoms with E-state index in [4.69, 9.17) is 0 Å². The molecule has 0 bridgehead atoms. The van der Waals surface area contributed by atoms with Crippen LogP contribution in [0, 0.1) is 0 Å². The van der Waals surface area contributed by atoms with Gasteiger partial charge in [0.15, 0.2) is 5.62 Å². The summed E-state index contributed by atoms with van der Waals surface area (Å²) in [5, 5.41) is 0. The molecule has 1 atom stereocenters. The van der Waals surface area contributed by atoms with Crippen LogP contribution in [0.3, 0.4) is 0 Å². The minimum absolute atomic E-state index is 0.968. The zero-order chi connectivity index (χ0) is 6.91. The first-order valence-electron chi connectivity index (χ1n) is 3.11. The molecular formula is C6H13NOS. The van der Waals surface area contributed by atoms with E-state index in [1.165, 1.54) is 6.42 Å². The summed E-state index contributed by atoms with van der Waals surface area (Å²) >= 11 is 0. The van der Waals surface area contributed by atoms with Crippen molar-refractivity contribution in [2.24, 2.45) is 0 Å². The molecule has 54 valence electrons. The maximum atomic E-state index is 10.5. The minimum Gasteiger partial charge on any atom is -0.291 e. The maximum Gasteiger partial charge on any atom is 0.171 e. The average Bonchev–Trinajstić information content (AvgIpc) is 2.15. The number of hydrogen-bond donors (Lipinski definition) is 0. The molecule has 0 aliphatic carbocycles. The van der Waals surface area contributed by atoms with E-state index in [1.807, 2.05) is 7.05 Å². The lowest BCUT2D eigenvalue weighted by Gasteiger charge is -2.31. The summed E-state index contributed by atoms with van der Waals surface area (Å²) in [7, 11) is 1.07. The summed E-state index contributed by atoms with van der Waals surface area (Å²) in [6.07, 6.45) is 3.27. The van der Waals surface area contributed by atoms with Gasteiger partial charge in [0.2, 0.25) is 0 Å². The Hall–Kier alpha value is -0.0200. The SMILES string of the molecule is CN1CCCS1(C)C=O. The van der Waals surface area contributed by atoms with Crippen molar-refractivity contribution in [1.82, 2.24) is 4.31 Å². The zero-order valence-electron chi connectivity index (χ0n) is 5.96. The van der Waals surface area contributed by atoms with Gasteiger partial charge in [0.25, 0.3) is 0 Å². The normalized spacial score (nSPS) is 44.2. The summed E-state index contributed by atoms with van der Waals surface area (Å²) < 4.78 is 2.19. The highest BCUT2D eigenvalue weighted by Crippen LogP contribution is 2.48. The number of hydrogen-bond acceptors (Lipinski definition) is 2. The van der Waals surface area contributed by atoms with E-state index >= 15 is 0 Å². The largest absolute Gasteiger partial charge is 0.291 e. The van der Waals surface area contributed by atoms with Gasteiger partial charge in [-0.1, -0.05) is 0 Å². The van der Waals surface area contributed by atoms with E-state index in [-0.39, 0.29) is 0 Å². The molecule has 0 radical (unpaired) electrons. The van der Waals surface area contributed by atoms with Crippen LogP contribution in [-0.4, -0.2) is 35.5 Å². The summed E-state index contributed by atoms with van der Waals surface area (Å²) in [6, 6.07) is 0. The smallest absolute Gasteiger partial charge is 0.171 e. The Kier molecular flexibility index (Phi) is 1.82. The van der Waals surface area contributed by atoms with Crippen LogP contribution in [-0.2, 0) is 4.79 Å². The molecule has 0 aromatic rings. The van der Waals surface area contributed by atoms with E-state index in [1.54, 1.807) is 0 Å². The minimum atomic E-state index is -0.968. The van der Waals surface area contributed by atoms with Crippen LogP contribution in [0.15, 0.2) is 0 Å². The van der Waals surface area contributed by atoms with Gasteiger partial charge in [-0.05, 0) is 25.5 Å². The molecule has 2 nitrogen and oxygen atoms in total. The van der Waals surface area contributed by atoms with Gasteiger partial charge < -0.3 is 0 Å². The van der Waals surface area contributed by atoms with E-state index in [0.717, 1.165) is 17.9 Å². The highest BCUT2D eigenvalue weighted by atomic mass is 32.3. The highest BCUT2D eigenvalue weighted by molar-refractivity contribution is 8.41. The van der Waals surface area contributed by atoms with Crippen LogP contribution >= 0.6 is 10.2 Å². The Bertz CT molecular complexity index is 128. The molecule has 9 heavy (non-hydrogen) atoms. The fourth-order valence-corrected chi connectivity index (χ4v) is 2.88. The van der Waals surface area contributed by atoms with Crippen molar-refractivity contribution in [3.63, 3.8) is 0 Å². The number of rotatable bonds is 1. The predicted octanol–water partition coefficient (Wildman–Crippen LogP) is 0.861. The van der Waals surface area contributed by atoms with Gasteiger partial charge in [-0.25, -0.2) is 0 Å². The van der Waals surface area contributed by atoms with E-state index in [9.17, 15) is 4.79 Å². The van der Waals surface area contributed by atoms with Gasteiger partial charge in [-0.3, -0.25) is 9.10 Å². The first kappa shape index (κ1) is 7.09. The lowest BCUT2D eigenvalue weighted by atomic mass is 10.5. The van der Waals surface area contributed by atoms with E-state index < -0.39 is 10.2 Å². The van der Waals surface area contributed by atoms with Crippen molar-refractivity contribution in [2.75, 3.05) is 25.6 Å². The first-order valence-corrected chi connectivity index (χ1v) is 5.34. The Morgan fingerprint density at radius 2 is 2.33 bits per heavy atom. The topological polar surface area (TPSA) is 20.3 Å². The molecule has 1 aliphatic heterocycles. The van der Waals surface area contributed by atoms with Gasteiger partial charge in [-0.2, -0.15) is 0 Å². The molecule has 0 aromatic heterocycles. The first-order chi connectivity index (χ1) is 4.19. The Labute approximate surface area is 57.7 Å². The van der Waals surface area contributed by atoms with Gasteiger partial charge in [0.1, 0.15) is 0 Å².